The van der Waals surface area contributed by atoms with Crippen molar-refractivity contribution in [2.24, 2.45) is 0 Å². The summed E-state index contributed by atoms with van der Waals surface area (Å²) in [6.45, 7) is 3.30. The average Bonchev–Trinajstić information content (AvgIpc) is 2.16. The van der Waals surface area contributed by atoms with Crippen LogP contribution in [0.1, 0.15) is 26.7 Å². The van der Waals surface area contributed by atoms with Gasteiger partial charge in [0.1, 0.15) is 5.54 Å². The molecule has 0 heterocycles. The minimum Gasteiger partial charge on any atom is -0.480 e. The van der Waals surface area contributed by atoms with Crippen LogP contribution in [0, 0.1) is 0 Å². The molecule has 2 N–H and O–H groups in total. The van der Waals surface area contributed by atoms with E-state index in [1.165, 1.54) is 14.0 Å². The molecule has 6 nitrogen and oxygen atoms in total. The van der Waals surface area contributed by atoms with E-state index in [0.29, 0.717) is 13.0 Å². The first-order chi connectivity index (χ1) is 7.27. The number of aliphatic carboxylic acids is 1. The normalized spacial score (nSPS) is 15.7. The molecule has 0 saturated carbocycles. The summed E-state index contributed by atoms with van der Waals surface area (Å²) in [6.07, 6.45) is 0.525. The van der Waals surface area contributed by atoms with E-state index < -0.39 is 21.5 Å². The fraction of sp³-hybridized carbons (Fsp3) is 0.889. The Labute approximate surface area is 96.0 Å². The smallest absolute Gasteiger partial charge is 0.324 e. The second-order valence-corrected chi connectivity index (χ2v) is 5.60. The minimum atomic E-state index is -3.58. The fourth-order valence-corrected chi connectivity index (χ4v) is 2.57. The van der Waals surface area contributed by atoms with Crippen molar-refractivity contribution in [3.8, 4) is 0 Å². The van der Waals surface area contributed by atoms with E-state index in [4.69, 9.17) is 9.84 Å². The highest BCUT2D eigenvalue weighted by Gasteiger charge is 2.35. The van der Waals surface area contributed by atoms with Gasteiger partial charge in [-0.1, -0.05) is 6.92 Å². The first-order valence-electron chi connectivity index (χ1n) is 5.01. The highest BCUT2D eigenvalue weighted by Crippen LogP contribution is 2.11. The van der Waals surface area contributed by atoms with Crippen LogP contribution in [-0.2, 0) is 19.6 Å². The van der Waals surface area contributed by atoms with Crippen molar-refractivity contribution >= 4 is 16.0 Å². The number of carboxylic acids is 1. The molecule has 0 aromatic carbocycles. The number of nitrogens with one attached hydrogen (secondary N) is 1. The number of carbonyl (C=O) groups is 1. The molecule has 7 heteroatoms. The molecule has 0 spiro atoms. The molecular formula is C9H19NO5S. The van der Waals surface area contributed by atoms with E-state index in [0.717, 1.165) is 0 Å². The number of ether oxygens (including phenoxy) is 1. The lowest BCUT2D eigenvalue weighted by atomic mass is 10.0. The Hall–Kier alpha value is -0.660. The van der Waals surface area contributed by atoms with Crippen LogP contribution >= 0.6 is 0 Å². The second-order valence-electron chi connectivity index (χ2n) is 3.76. The van der Waals surface area contributed by atoms with Gasteiger partial charge in [0.25, 0.3) is 0 Å². The molecule has 1 unspecified atom stereocenters. The summed E-state index contributed by atoms with van der Waals surface area (Å²) in [5.41, 5.74) is -1.44. The zero-order valence-corrected chi connectivity index (χ0v) is 10.6. The lowest BCUT2D eigenvalue weighted by Crippen LogP contribution is -2.52. The summed E-state index contributed by atoms with van der Waals surface area (Å²) in [5, 5.41) is 8.92. The maximum atomic E-state index is 11.6. The molecule has 96 valence electrons. The third-order valence-electron chi connectivity index (χ3n) is 2.32. The van der Waals surface area contributed by atoms with Crippen LogP contribution in [0.5, 0.6) is 0 Å². The third-order valence-corrected chi connectivity index (χ3v) is 3.91. The number of sulfonamides is 1. The fourth-order valence-electron chi connectivity index (χ4n) is 1.05. The summed E-state index contributed by atoms with van der Waals surface area (Å²) in [7, 11) is -2.10. The van der Waals surface area contributed by atoms with Gasteiger partial charge in [0.2, 0.25) is 10.0 Å². The number of methoxy groups -OCH3 is 1. The summed E-state index contributed by atoms with van der Waals surface area (Å²) >= 11 is 0. The SMILES string of the molecule is CCC(C)(NS(=O)(=O)CCCOC)C(=O)O. The van der Waals surface area contributed by atoms with Gasteiger partial charge in [-0.25, -0.2) is 8.42 Å². The van der Waals surface area contributed by atoms with Crippen LogP contribution in [0.4, 0.5) is 0 Å². The molecule has 0 saturated heterocycles. The van der Waals surface area contributed by atoms with E-state index in [-0.39, 0.29) is 12.2 Å². The van der Waals surface area contributed by atoms with E-state index in [2.05, 4.69) is 4.72 Å². The molecule has 0 aliphatic heterocycles. The monoisotopic (exact) mass is 253 g/mol. The van der Waals surface area contributed by atoms with Gasteiger partial charge >= 0.3 is 5.97 Å². The molecule has 16 heavy (non-hydrogen) atoms. The summed E-state index contributed by atoms with van der Waals surface area (Å²) in [4.78, 5) is 10.9. The van der Waals surface area contributed by atoms with E-state index in [1.807, 2.05) is 0 Å². The Bertz CT molecular complexity index is 327. The van der Waals surface area contributed by atoms with Crippen molar-refractivity contribution in [2.45, 2.75) is 32.2 Å². The summed E-state index contributed by atoms with van der Waals surface area (Å²) in [6, 6.07) is 0. The Morgan fingerprint density at radius 2 is 2.06 bits per heavy atom. The molecular weight excluding hydrogens is 234 g/mol. The van der Waals surface area contributed by atoms with E-state index >= 15 is 0 Å². The van der Waals surface area contributed by atoms with Crippen LogP contribution in [0.2, 0.25) is 0 Å². The van der Waals surface area contributed by atoms with Crippen molar-refractivity contribution in [3.63, 3.8) is 0 Å². The topological polar surface area (TPSA) is 92.7 Å². The van der Waals surface area contributed by atoms with Crippen LogP contribution in [-0.4, -0.2) is 44.5 Å². The van der Waals surface area contributed by atoms with Crippen molar-refractivity contribution in [1.29, 1.82) is 0 Å². The van der Waals surface area contributed by atoms with Crippen molar-refractivity contribution < 1.29 is 23.1 Å². The Morgan fingerprint density at radius 3 is 2.44 bits per heavy atom. The molecule has 0 aromatic heterocycles. The first kappa shape index (κ1) is 15.3. The molecule has 1 atom stereocenters. The van der Waals surface area contributed by atoms with Gasteiger partial charge in [0, 0.05) is 13.7 Å². The molecule has 0 aliphatic carbocycles. The largest absolute Gasteiger partial charge is 0.480 e. The van der Waals surface area contributed by atoms with Crippen LogP contribution in [0.3, 0.4) is 0 Å². The molecule has 0 bridgehead atoms. The number of hydrogen-bond donors (Lipinski definition) is 2. The maximum absolute atomic E-state index is 11.6. The molecule has 0 aliphatic rings. The van der Waals surface area contributed by atoms with Crippen molar-refractivity contribution in [1.82, 2.24) is 4.72 Å². The maximum Gasteiger partial charge on any atom is 0.324 e. The summed E-state index contributed by atoms with van der Waals surface area (Å²) < 4.78 is 30.0. The van der Waals surface area contributed by atoms with Gasteiger partial charge < -0.3 is 9.84 Å². The van der Waals surface area contributed by atoms with Gasteiger partial charge in [0.15, 0.2) is 0 Å². The van der Waals surface area contributed by atoms with Crippen molar-refractivity contribution in [3.05, 3.63) is 0 Å². The van der Waals surface area contributed by atoms with Crippen LogP contribution < -0.4 is 4.72 Å². The zero-order chi connectivity index (χ0) is 12.8. The van der Waals surface area contributed by atoms with Crippen LogP contribution in [0.15, 0.2) is 0 Å². The van der Waals surface area contributed by atoms with E-state index in [9.17, 15) is 13.2 Å². The predicted molar refractivity (Wildman–Crippen MR) is 59.7 cm³/mol. The van der Waals surface area contributed by atoms with Gasteiger partial charge in [-0.2, -0.15) is 4.72 Å². The lowest BCUT2D eigenvalue weighted by molar-refractivity contribution is -0.143. The predicted octanol–water partition coefficient (Wildman–Crippen LogP) is 0.196. The number of hydrogen-bond acceptors (Lipinski definition) is 4. The van der Waals surface area contributed by atoms with Gasteiger partial charge in [0.05, 0.1) is 5.75 Å². The van der Waals surface area contributed by atoms with Gasteiger partial charge in [-0.05, 0) is 19.8 Å². The Morgan fingerprint density at radius 1 is 1.50 bits per heavy atom. The molecule has 0 aromatic rings. The molecule has 0 fully saturated rings. The van der Waals surface area contributed by atoms with Crippen LogP contribution in [0.25, 0.3) is 0 Å². The lowest BCUT2D eigenvalue weighted by Gasteiger charge is -2.24. The highest BCUT2D eigenvalue weighted by atomic mass is 32.2. The van der Waals surface area contributed by atoms with Gasteiger partial charge in [-0.3, -0.25) is 4.79 Å². The molecule has 0 amide bonds. The minimum absolute atomic E-state index is 0.135. The highest BCUT2D eigenvalue weighted by molar-refractivity contribution is 7.89. The standard InChI is InChI=1S/C9H19NO5S/c1-4-9(2,8(11)12)10-16(13,14)7-5-6-15-3/h10H,4-7H2,1-3H3,(H,11,12). The number of carboxylic acid groups (broad SMARTS) is 1. The van der Waals surface area contributed by atoms with Crippen molar-refractivity contribution in [2.75, 3.05) is 19.5 Å². The quantitative estimate of drug-likeness (QED) is 0.603. The Kier molecular flexibility index (Phi) is 5.91. The Balaban J connectivity index is 4.50. The second kappa shape index (κ2) is 6.17. The number of rotatable bonds is 8. The average molecular weight is 253 g/mol. The zero-order valence-electron chi connectivity index (χ0n) is 9.82. The third kappa shape index (κ3) is 4.91. The summed E-state index contributed by atoms with van der Waals surface area (Å²) in [5.74, 6) is -1.31. The molecule has 0 rings (SSSR count). The van der Waals surface area contributed by atoms with E-state index in [1.54, 1.807) is 6.92 Å². The first-order valence-corrected chi connectivity index (χ1v) is 6.66. The molecule has 0 radical (unpaired) electrons. The van der Waals surface area contributed by atoms with Gasteiger partial charge in [-0.15, -0.1) is 0 Å².